The van der Waals surface area contributed by atoms with Gasteiger partial charge in [0.05, 0.1) is 23.6 Å². The molecule has 0 unspecified atom stereocenters. The highest BCUT2D eigenvalue weighted by Crippen LogP contribution is 2.37. The van der Waals surface area contributed by atoms with E-state index >= 15 is 0 Å². The maximum atomic E-state index is 11.4. The minimum atomic E-state index is -0.204. The molecule has 0 N–H and O–H groups in total. The van der Waals surface area contributed by atoms with Crippen LogP contribution in [0, 0.1) is 0 Å². The number of carbonyl (C=O) groups is 1. The first kappa shape index (κ1) is 13.3. The molecule has 3 nitrogen and oxygen atoms in total. The van der Waals surface area contributed by atoms with Crippen LogP contribution in [0.1, 0.15) is 10.5 Å². The van der Waals surface area contributed by atoms with Crippen LogP contribution < -0.4 is 4.74 Å². The quantitative estimate of drug-likeness (QED) is 0.635. The molecule has 0 atom stereocenters. The monoisotopic (exact) mass is 301 g/mol. The molecule has 1 aromatic heterocycles. The third kappa shape index (κ3) is 2.51. The first-order chi connectivity index (χ1) is 8.67. The average molecular weight is 302 g/mol. The van der Waals surface area contributed by atoms with Crippen LogP contribution in [-0.2, 0) is 0 Å². The number of halogens is 2. The number of hydrogen-bond acceptors (Lipinski definition) is 4. The number of nitrogens with zero attached hydrogens (tertiary/aromatic N) is 1. The standard InChI is InChI=1S/C12H9Cl2NO2S/c1-17-10-4-2-3-7(14)11(10)12-15-8(6-18-12)9(16)5-13/h2-4,6H,5H2,1H3. The van der Waals surface area contributed by atoms with E-state index < -0.39 is 0 Å². The summed E-state index contributed by atoms with van der Waals surface area (Å²) in [4.78, 5) is 15.7. The van der Waals surface area contributed by atoms with E-state index in [1.807, 2.05) is 0 Å². The molecular formula is C12H9Cl2NO2S. The van der Waals surface area contributed by atoms with Crippen LogP contribution in [0.5, 0.6) is 5.75 Å². The Morgan fingerprint density at radius 3 is 2.94 bits per heavy atom. The van der Waals surface area contributed by atoms with E-state index in [9.17, 15) is 4.79 Å². The van der Waals surface area contributed by atoms with Crippen LogP contribution in [0.3, 0.4) is 0 Å². The third-order valence-electron chi connectivity index (χ3n) is 2.32. The fourth-order valence-corrected chi connectivity index (χ4v) is 2.80. The van der Waals surface area contributed by atoms with Gasteiger partial charge in [-0.2, -0.15) is 0 Å². The normalized spacial score (nSPS) is 10.4. The van der Waals surface area contributed by atoms with Gasteiger partial charge in [-0.1, -0.05) is 17.7 Å². The number of ketones is 1. The molecule has 0 fully saturated rings. The van der Waals surface area contributed by atoms with Crippen molar-refractivity contribution in [1.82, 2.24) is 4.98 Å². The number of carbonyl (C=O) groups excluding carboxylic acids is 1. The lowest BCUT2D eigenvalue weighted by Crippen LogP contribution is -2.00. The van der Waals surface area contributed by atoms with Gasteiger partial charge in [-0.15, -0.1) is 22.9 Å². The second-order valence-electron chi connectivity index (χ2n) is 3.41. The molecule has 1 heterocycles. The number of aromatic nitrogens is 1. The van der Waals surface area contributed by atoms with Gasteiger partial charge < -0.3 is 4.74 Å². The molecule has 0 saturated carbocycles. The molecule has 0 aliphatic carbocycles. The maximum Gasteiger partial charge on any atom is 0.196 e. The molecule has 2 aromatic rings. The van der Waals surface area contributed by atoms with Crippen LogP contribution in [-0.4, -0.2) is 23.8 Å². The van der Waals surface area contributed by atoms with E-state index in [4.69, 9.17) is 27.9 Å². The summed E-state index contributed by atoms with van der Waals surface area (Å²) < 4.78 is 5.25. The third-order valence-corrected chi connectivity index (χ3v) is 3.74. The second kappa shape index (κ2) is 5.69. The van der Waals surface area contributed by atoms with Gasteiger partial charge in [-0.25, -0.2) is 4.98 Å². The summed E-state index contributed by atoms with van der Waals surface area (Å²) in [5.74, 6) is 0.343. The molecule has 0 bridgehead atoms. The number of methoxy groups -OCH3 is 1. The van der Waals surface area contributed by atoms with E-state index in [1.54, 1.807) is 30.7 Å². The molecule has 1 aromatic carbocycles. The molecule has 0 aliphatic rings. The van der Waals surface area contributed by atoms with E-state index in [1.165, 1.54) is 11.3 Å². The number of ether oxygens (including phenoxy) is 1. The molecule has 0 saturated heterocycles. The Balaban J connectivity index is 2.49. The van der Waals surface area contributed by atoms with E-state index in [2.05, 4.69) is 4.98 Å². The molecule has 94 valence electrons. The van der Waals surface area contributed by atoms with Crippen LogP contribution >= 0.6 is 34.5 Å². The number of Topliss-reactive ketones (excluding diaryl/α,β-unsaturated/α-hetero) is 1. The highest BCUT2D eigenvalue weighted by Gasteiger charge is 2.16. The highest BCUT2D eigenvalue weighted by molar-refractivity contribution is 7.13. The van der Waals surface area contributed by atoms with Crippen molar-refractivity contribution in [1.29, 1.82) is 0 Å². The maximum absolute atomic E-state index is 11.4. The predicted molar refractivity (Wildman–Crippen MR) is 74.2 cm³/mol. The second-order valence-corrected chi connectivity index (χ2v) is 4.94. The van der Waals surface area contributed by atoms with Crippen molar-refractivity contribution < 1.29 is 9.53 Å². The summed E-state index contributed by atoms with van der Waals surface area (Å²) >= 11 is 13.0. The fraction of sp³-hybridized carbons (Fsp3) is 0.167. The van der Waals surface area contributed by atoms with Gasteiger partial charge in [0.15, 0.2) is 5.78 Å². The summed E-state index contributed by atoms with van der Waals surface area (Å²) in [5.41, 5.74) is 1.05. The lowest BCUT2D eigenvalue weighted by Gasteiger charge is -2.07. The highest BCUT2D eigenvalue weighted by atomic mass is 35.5. The Morgan fingerprint density at radius 2 is 2.28 bits per heavy atom. The molecule has 6 heteroatoms. The van der Waals surface area contributed by atoms with Crippen LogP contribution in [0.25, 0.3) is 10.6 Å². The van der Waals surface area contributed by atoms with Crippen molar-refractivity contribution in [2.75, 3.05) is 13.0 Å². The summed E-state index contributed by atoms with van der Waals surface area (Å²) in [5, 5.41) is 2.85. The van der Waals surface area contributed by atoms with Gasteiger partial charge in [-0.3, -0.25) is 4.79 Å². The topological polar surface area (TPSA) is 39.2 Å². The summed E-state index contributed by atoms with van der Waals surface area (Å²) in [7, 11) is 1.56. The SMILES string of the molecule is COc1cccc(Cl)c1-c1nc(C(=O)CCl)cs1. The van der Waals surface area contributed by atoms with Crippen molar-refractivity contribution in [3.8, 4) is 16.3 Å². The van der Waals surface area contributed by atoms with Crippen molar-refractivity contribution in [3.63, 3.8) is 0 Å². The number of rotatable bonds is 4. The van der Waals surface area contributed by atoms with Crippen molar-refractivity contribution >= 4 is 40.3 Å². The Bertz CT molecular complexity index is 583. The van der Waals surface area contributed by atoms with Crippen molar-refractivity contribution in [2.24, 2.45) is 0 Å². The lowest BCUT2D eigenvalue weighted by atomic mass is 10.2. The van der Waals surface area contributed by atoms with E-state index in [-0.39, 0.29) is 11.7 Å². The zero-order chi connectivity index (χ0) is 13.1. The predicted octanol–water partition coefficient (Wildman–Crippen LogP) is 3.89. The fourth-order valence-electron chi connectivity index (χ4n) is 1.47. The first-order valence-corrected chi connectivity index (χ1v) is 6.84. The van der Waals surface area contributed by atoms with Gasteiger partial charge in [0.1, 0.15) is 16.5 Å². The molecule has 0 aliphatic heterocycles. The molecule has 0 amide bonds. The Labute approximate surface area is 118 Å². The first-order valence-electron chi connectivity index (χ1n) is 5.05. The molecule has 2 rings (SSSR count). The number of alkyl halides is 1. The van der Waals surface area contributed by atoms with Crippen molar-refractivity contribution in [2.45, 2.75) is 0 Å². The van der Waals surface area contributed by atoms with Crippen LogP contribution in [0.15, 0.2) is 23.6 Å². The number of hydrogen-bond donors (Lipinski definition) is 0. The largest absolute Gasteiger partial charge is 0.496 e. The van der Waals surface area contributed by atoms with Gasteiger partial charge in [-0.05, 0) is 12.1 Å². The molecule has 0 radical (unpaired) electrons. The van der Waals surface area contributed by atoms with Gasteiger partial charge in [0, 0.05) is 5.38 Å². The molecule has 18 heavy (non-hydrogen) atoms. The van der Waals surface area contributed by atoms with E-state index in [0.717, 1.165) is 0 Å². The zero-order valence-corrected chi connectivity index (χ0v) is 11.8. The zero-order valence-electron chi connectivity index (χ0n) is 9.44. The Hall–Kier alpha value is -1.10. The smallest absolute Gasteiger partial charge is 0.196 e. The van der Waals surface area contributed by atoms with Crippen LogP contribution in [0.4, 0.5) is 0 Å². The lowest BCUT2D eigenvalue weighted by molar-refractivity contribution is 0.101. The van der Waals surface area contributed by atoms with Gasteiger partial charge in [0.2, 0.25) is 0 Å². The average Bonchev–Trinajstić information content (AvgIpc) is 2.86. The van der Waals surface area contributed by atoms with Crippen molar-refractivity contribution in [3.05, 3.63) is 34.3 Å². The van der Waals surface area contributed by atoms with Gasteiger partial charge >= 0.3 is 0 Å². The molecule has 0 spiro atoms. The summed E-state index contributed by atoms with van der Waals surface area (Å²) in [6, 6.07) is 5.35. The molecular weight excluding hydrogens is 293 g/mol. The number of benzene rings is 1. The van der Waals surface area contributed by atoms with E-state index in [0.29, 0.717) is 27.0 Å². The summed E-state index contributed by atoms with van der Waals surface area (Å²) in [6.45, 7) is 0. The Morgan fingerprint density at radius 1 is 1.50 bits per heavy atom. The number of thiazole rings is 1. The Kier molecular flexibility index (Phi) is 4.22. The van der Waals surface area contributed by atoms with Gasteiger partial charge in [0.25, 0.3) is 0 Å². The minimum Gasteiger partial charge on any atom is -0.496 e. The summed E-state index contributed by atoms with van der Waals surface area (Å²) in [6.07, 6.45) is 0. The van der Waals surface area contributed by atoms with Crippen LogP contribution in [0.2, 0.25) is 5.02 Å². The minimum absolute atomic E-state index is 0.0805.